The molecule has 35 heavy (non-hydrogen) atoms. The highest BCUT2D eigenvalue weighted by atomic mass is 35.5. The lowest BCUT2D eigenvalue weighted by atomic mass is 10.2. The Morgan fingerprint density at radius 1 is 1.11 bits per heavy atom. The van der Waals surface area contributed by atoms with Crippen LogP contribution in [0.15, 0.2) is 48.7 Å². The lowest BCUT2D eigenvalue weighted by Gasteiger charge is -2.23. The van der Waals surface area contributed by atoms with Crippen LogP contribution in [0.1, 0.15) is 26.7 Å². The second kappa shape index (κ2) is 10.4. The summed E-state index contributed by atoms with van der Waals surface area (Å²) in [5, 5.41) is 3.53. The molecule has 0 atom stereocenters. The van der Waals surface area contributed by atoms with E-state index in [0.29, 0.717) is 28.2 Å². The number of methoxy groups -OCH3 is 2. The normalized spacial score (nSPS) is 13.0. The van der Waals surface area contributed by atoms with Gasteiger partial charge in [0, 0.05) is 34.8 Å². The number of carbonyl (C=O) groups excluding carboxylic acids is 2. The molecule has 3 aromatic rings. The maximum absolute atomic E-state index is 13.1. The Labute approximate surface area is 209 Å². The molecule has 2 amide bonds. The van der Waals surface area contributed by atoms with Crippen molar-refractivity contribution in [1.29, 1.82) is 0 Å². The lowest BCUT2D eigenvalue weighted by molar-refractivity contribution is -0.138. The van der Waals surface area contributed by atoms with Crippen molar-refractivity contribution in [3.05, 3.63) is 53.7 Å². The Morgan fingerprint density at radius 2 is 1.80 bits per heavy atom. The zero-order valence-corrected chi connectivity index (χ0v) is 21.0. The summed E-state index contributed by atoms with van der Waals surface area (Å²) in [4.78, 5) is 32.1. The van der Waals surface area contributed by atoms with E-state index < -0.39 is 0 Å². The molecule has 1 aliphatic rings. The van der Waals surface area contributed by atoms with Gasteiger partial charge in [-0.3, -0.25) is 19.5 Å². The van der Waals surface area contributed by atoms with E-state index in [2.05, 4.69) is 10.3 Å². The van der Waals surface area contributed by atoms with Crippen LogP contribution in [0.25, 0.3) is 16.9 Å². The monoisotopic (exact) mass is 496 g/mol. The first-order chi connectivity index (χ1) is 16.8. The minimum Gasteiger partial charge on any atom is -0.493 e. The number of aromatic nitrogens is 2. The topological polar surface area (TPSA) is 85.7 Å². The zero-order chi connectivity index (χ0) is 25.1. The van der Waals surface area contributed by atoms with Crippen LogP contribution in [0.3, 0.4) is 0 Å². The van der Waals surface area contributed by atoms with Crippen molar-refractivity contribution < 1.29 is 19.1 Å². The summed E-state index contributed by atoms with van der Waals surface area (Å²) in [6.07, 6.45) is 3.68. The van der Waals surface area contributed by atoms with Gasteiger partial charge in [-0.25, -0.2) is 4.98 Å². The van der Waals surface area contributed by atoms with E-state index in [-0.39, 0.29) is 30.3 Å². The average molecular weight is 497 g/mol. The highest BCUT2D eigenvalue weighted by Gasteiger charge is 2.35. The van der Waals surface area contributed by atoms with E-state index in [1.54, 1.807) is 48.0 Å². The molecule has 184 valence electrons. The number of rotatable bonds is 9. The fourth-order valence-corrected chi connectivity index (χ4v) is 3.95. The molecule has 2 aromatic carbocycles. The summed E-state index contributed by atoms with van der Waals surface area (Å²) in [5.41, 5.74) is 2.23. The predicted octanol–water partition coefficient (Wildman–Crippen LogP) is 4.80. The molecule has 1 aliphatic carbocycles. The Morgan fingerprint density at radius 3 is 2.40 bits per heavy atom. The van der Waals surface area contributed by atoms with Crippen LogP contribution in [0.5, 0.6) is 11.5 Å². The van der Waals surface area contributed by atoms with Crippen LogP contribution in [0.2, 0.25) is 5.02 Å². The molecule has 0 radical (unpaired) electrons. The van der Waals surface area contributed by atoms with E-state index in [1.165, 1.54) is 0 Å². The maximum atomic E-state index is 13.1. The zero-order valence-electron chi connectivity index (χ0n) is 20.2. The summed E-state index contributed by atoms with van der Waals surface area (Å²) >= 11 is 6.05. The number of nitrogens with one attached hydrogen (secondary N) is 1. The number of halogens is 1. The molecule has 0 bridgehead atoms. The minimum absolute atomic E-state index is 0.0171. The van der Waals surface area contributed by atoms with Gasteiger partial charge in [0.25, 0.3) is 0 Å². The quantitative estimate of drug-likeness (QED) is 0.460. The van der Waals surface area contributed by atoms with Crippen molar-refractivity contribution in [2.45, 2.75) is 32.7 Å². The Hall–Kier alpha value is -3.52. The number of carbonyl (C=O) groups is 2. The third-order valence-corrected chi connectivity index (χ3v) is 6.07. The summed E-state index contributed by atoms with van der Waals surface area (Å²) in [6.45, 7) is 3.67. The molecule has 4 rings (SSSR count). The van der Waals surface area contributed by atoms with Crippen molar-refractivity contribution >= 4 is 29.4 Å². The van der Waals surface area contributed by atoms with Gasteiger partial charge in [-0.2, -0.15) is 0 Å². The van der Waals surface area contributed by atoms with Gasteiger partial charge >= 0.3 is 0 Å². The molecule has 1 aromatic heterocycles. The number of benzene rings is 2. The third kappa shape index (κ3) is 5.59. The van der Waals surface area contributed by atoms with Gasteiger partial charge in [-0.05, 0) is 37.1 Å². The van der Waals surface area contributed by atoms with Crippen molar-refractivity contribution in [3.63, 3.8) is 0 Å². The summed E-state index contributed by atoms with van der Waals surface area (Å²) in [5.74, 6) is 0.973. The highest BCUT2D eigenvalue weighted by Crippen LogP contribution is 2.32. The molecule has 0 spiro atoms. The molecule has 1 fully saturated rings. The maximum Gasteiger partial charge on any atom is 0.246 e. The number of anilines is 1. The van der Waals surface area contributed by atoms with Crippen molar-refractivity contribution in [2.75, 3.05) is 26.1 Å². The van der Waals surface area contributed by atoms with Crippen molar-refractivity contribution in [2.24, 2.45) is 5.92 Å². The second-order valence-electron chi connectivity index (χ2n) is 8.77. The van der Waals surface area contributed by atoms with Crippen LogP contribution in [0, 0.1) is 5.92 Å². The van der Waals surface area contributed by atoms with Crippen LogP contribution >= 0.6 is 11.6 Å². The van der Waals surface area contributed by atoms with E-state index in [1.807, 2.05) is 38.2 Å². The number of nitrogens with zero attached hydrogens (tertiary/aromatic N) is 3. The van der Waals surface area contributed by atoms with Crippen molar-refractivity contribution in [1.82, 2.24) is 14.5 Å². The number of ether oxygens (including phenoxy) is 2. The van der Waals surface area contributed by atoms with E-state index >= 15 is 0 Å². The standard InChI is InChI=1S/C26H29ClN4O4/c1-16(2)25(33)30(19-9-10-19)15-24(32)29-26-28-21(17-5-7-18(27)8-6-17)14-31(26)20-11-12-22(34-3)23(13-20)35-4/h5-8,11-14,16,19H,9-10,15H2,1-4H3,(H,28,29,32). The molecule has 9 heteroatoms. The van der Waals surface area contributed by atoms with Gasteiger partial charge in [-0.1, -0.05) is 37.6 Å². The molecular weight excluding hydrogens is 468 g/mol. The summed E-state index contributed by atoms with van der Waals surface area (Å²) in [6, 6.07) is 12.9. The van der Waals surface area contributed by atoms with Crippen molar-refractivity contribution in [3.8, 4) is 28.4 Å². The number of hydrogen-bond donors (Lipinski definition) is 1. The molecule has 0 saturated heterocycles. The van der Waals surface area contributed by atoms with Gasteiger partial charge in [0.2, 0.25) is 17.8 Å². The largest absolute Gasteiger partial charge is 0.493 e. The molecular formula is C26H29ClN4O4. The van der Waals surface area contributed by atoms with Crippen LogP contribution in [-0.4, -0.2) is 53.1 Å². The number of hydrogen-bond acceptors (Lipinski definition) is 5. The number of amides is 2. The number of imidazole rings is 1. The molecule has 0 unspecified atom stereocenters. The molecule has 8 nitrogen and oxygen atoms in total. The van der Waals surface area contributed by atoms with Gasteiger partial charge in [0.05, 0.1) is 25.6 Å². The van der Waals surface area contributed by atoms with Crippen LogP contribution < -0.4 is 14.8 Å². The summed E-state index contributed by atoms with van der Waals surface area (Å²) in [7, 11) is 3.14. The van der Waals surface area contributed by atoms with E-state index in [9.17, 15) is 9.59 Å². The minimum atomic E-state index is -0.305. The summed E-state index contributed by atoms with van der Waals surface area (Å²) < 4.78 is 12.6. The Kier molecular flexibility index (Phi) is 7.31. The Balaban J connectivity index is 1.67. The Bertz CT molecular complexity index is 1220. The van der Waals surface area contributed by atoms with E-state index in [4.69, 9.17) is 21.1 Å². The average Bonchev–Trinajstić information content (AvgIpc) is 3.62. The smallest absolute Gasteiger partial charge is 0.246 e. The molecule has 0 aliphatic heterocycles. The third-order valence-electron chi connectivity index (χ3n) is 5.82. The van der Waals surface area contributed by atoms with Crippen LogP contribution in [0.4, 0.5) is 5.95 Å². The fraction of sp³-hybridized carbons (Fsp3) is 0.346. The first kappa shape index (κ1) is 24.6. The first-order valence-corrected chi connectivity index (χ1v) is 11.9. The van der Waals surface area contributed by atoms with Gasteiger partial charge in [0.1, 0.15) is 6.54 Å². The molecule has 1 heterocycles. The first-order valence-electron chi connectivity index (χ1n) is 11.5. The highest BCUT2D eigenvalue weighted by molar-refractivity contribution is 6.30. The van der Waals surface area contributed by atoms with Gasteiger partial charge in [0.15, 0.2) is 11.5 Å². The SMILES string of the molecule is COc1ccc(-n2cc(-c3ccc(Cl)cc3)nc2NC(=O)CN(C(=O)C(C)C)C2CC2)cc1OC. The van der Waals surface area contributed by atoms with Gasteiger partial charge < -0.3 is 14.4 Å². The predicted molar refractivity (Wildman–Crippen MR) is 135 cm³/mol. The fourth-order valence-electron chi connectivity index (χ4n) is 3.82. The van der Waals surface area contributed by atoms with Crippen LogP contribution in [-0.2, 0) is 9.59 Å². The molecule has 1 saturated carbocycles. The second-order valence-corrected chi connectivity index (χ2v) is 9.20. The lowest BCUT2D eigenvalue weighted by Crippen LogP contribution is -2.41. The van der Waals surface area contributed by atoms with Gasteiger partial charge in [-0.15, -0.1) is 0 Å². The van der Waals surface area contributed by atoms with E-state index in [0.717, 1.165) is 24.1 Å². The molecule has 1 N–H and O–H groups in total.